The Balaban J connectivity index is 0.000000322. The van der Waals surface area contributed by atoms with Crippen molar-refractivity contribution in [2.75, 3.05) is 7.11 Å². The summed E-state index contributed by atoms with van der Waals surface area (Å²) in [6, 6.07) is 11.0. The molecule has 18 heteroatoms. The van der Waals surface area contributed by atoms with E-state index in [1.54, 1.807) is 43.5 Å². The monoisotopic (exact) mass is 628 g/mol. The number of rotatable bonds is 4. The van der Waals surface area contributed by atoms with Gasteiger partial charge in [-0.3, -0.25) is 0 Å². The molecule has 0 amide bonds. The Hall–Kier alpha value is -4.92. The van der Waals surface area contributed by atoms with E-state index < -0.39 is 0 Å². The van der Waals surface area contributed by atoms with Crippen LogP contribution in [0, 0.1) is 0 Å². The minimum Gasteiger partial charge on any atom is -0.753 e. The summed E-state index contributed by atoms with van der Waals surface area (Å²) in [7, 11) is 1.00. The first-order valence-electron chi connectivity index (χ1n) is 10.8. The van der Waals surface area contributed by atoms with Crippen molar-refractivity contribution in [3.8, 4) is 23.3 Å². The van der Waals surface area contributed by atoms with Crippen LogP contribution in [0.1, 0.15) is 0 Å². The standard InChI is InChI=1S/2C10H8N6.2CNS.CH4O.Fe/c2*1-3-13-15(5-1)9-7-10(12-8-11-9)16-6-2-4-14-16;2*2-1-3;1-2;/h2*1-8H;;;2H,1H3;/q;;2*-1;;+2. The zero-order chi connectivity index (χ0) is 29.0. The fraction of sp³-hybridized carbons (Fsp3) is 0.0435. The maximum absolute atomic E-state index is 7.13. The van der Waals surface area contributed by atoms with Crippen molar-refractivity contribution < 1.29 is 22.2 Å². The van der Waals surface area contributed by atoms with E-state index >= 15 is 0 Å². The molecular formula is C23H20FeN14OS2. The summed E-state index contributed by atoms with van der Waals surface area (Å²) in [6.07, 6.45) is 17.1. The number of isothiocyanates is 2. The van der Waals surface area contributed by atoms with Crippen LogP contribution >= 0.6 is 24.4 Å². The fourth-order valence-corrected chi connectivity index (χ4v) is 2.79. The minimum absolute atomic E-state index is 0. The van der Waals surface area contributed by atoms with E-state index in [0.717, 1.165) is 7.11 Å². The summed E-state index contributed by atoms with van der Waals surface area (Å²) in [4.78, 5) is 16.6. The van der Waals surface area contributed by atoms with Gasteiger partial charge in [0, 0.05) is 68.8 Å². The van der Waals surface area contributed by atoms with E-state index in [4.69, 9.17) is 15.9 Å². The molecule has 41 heavy (non-hydrogen) atoms. The second-order valence-electron chi connectivity index (χ2n) is 6.45. The van der Waals surface area contributed by atoms with Gasteiger partial charge in [0.2, 0.25) is 0 Å². The minimum atomic E-state index is 0. The molecule has 0 aromatic carbocycles. The van der Waals surface area contributed by atoms with E-state index in [1.807, 2.05) is 61.2 Å². The van der Waals surface area contributed by atoms with Gasteiger partial charge in [-0.1, -0.05) is 24.4 Å². The summed E-state index contributed by atoms with van der Waals surface area (Å²) in [5, 5.41) is 40.4. The normalized spacial score (nSPS) is 8.73. The van der Waals surface area contributed by atoms with Crippen molar-refractivity contribution in [2.45, 2.75) is 0 Å². The van der Waals surface area contributed by atoms with Crippen LogP contribution in [0.3, 0.4) is 0 Å². The predicted molar refractivity (Wildman–Crippen MR) is 153 cm³/mol. The third-order valence-corrected chi connectivity index (χ3v) is 4.23. The second-order valence-corrected chi connectivity index (χ2v) is 6.82. The average Bonchev–Trinajstić information content (AvgIpc) is 3.83. The van der Waals surface area contributed by atoms with Gasteiger partial charge in [0.15, 0.2) is 23.3 Å². The number of aliphatic hydroxyl groups excluding tert-OH is 1. The van der Waals surface area contributed by atoms with Gasteiger partial charge in [0.05, 0.1) is 0 Å². The molecule has 6 heterocycles. The van der Waals surface area contributed by atoms with Crippen molar-refractivity contribution in [3.05, 3.63) is 109 Å². The quantitative estimate of drug-likeness (QED) is 0.172. The molecule has 0 aliphatic heterocycles. The zero-order valence-electron chi connectivity index (χ0n) is 21.1. The first-order chi connectivity index (χ1) is 19.7. The van der Waals surface area contributed by atoms with Gasteiger partial charge in [0.25, 0.3) is 0 Å². The summed E-state index contributed by atoms with van der Waals surface area (Å²) >= 11 is 7.40. The van der Waals surface area contributed by atoms with Gasteiger partial charge in [-0.2, -0.15) is 30.7 Å². The van der Waals surface area contributed by atoms with Crippen molar-refractivity contribution in [2.24, 2.45) is 0 Å². The molecule has 0 saturated carbocycles. The molecule has 0 radical (unpaired) electrons. The van der Waals surface area contributed by atoms with Crippen LogP contribution in [0.15, 0.2) is 98.6 Å². The van der Waals surface area contributed by atoms with E-state index in [-0.39, 0.29) is 17.1 Å². The molecule has 0 aliphatic rings. The first-order valence-corrected chi connectivity index (χ1v) is 11.6. The van der Waals surface area contributed by atoms with Gasteiger partial charge >= 0.3 is 17.1 Å². The van der Waals surface area contributed by atoms with Crippen LogP contribution in [0.25, 0.3) is 34.1 Å². The largest absolute Gasteiger partial charge is 2.00 e. The average molecular weight is 628 g/mol. The van der Waals surface area contributed by atoms with Gasteiger partial charge < -0.3 is 15.9 Å². The predicted octanol–water partition coefficient (Wildman–Crippen LogP) is 2.62. The van der Waals surface area contributed by atoms with Crippen molar-refractivity contribution in [3.63, 3.8) is 0 Å². The van der Waals surface area contributed by atoms with Gasteiger partial charge in [-0.05, 0) is 24.3 Å². The third-order valence-electron chi connectivity index (χ3n) is 4.23. The SMILES string of the molecule is CO.[Fe+2].[N-]=C=S.[N-]=C=S.c1cnn(-c2cc(-n3cccn3)ncn2)c1.c1cnn(-c2cc(-n3cccn3)ncn2)c1. The van der Waals surface area contributed by atoms with Gasteiger partial charge in [-0.15, -0.1) is 0 Å². The van der Waals surface area contributed by atoms with Crippen LogP contribution in [-0.2, 0) is 17.1 Å². The Morgan fingerprint density at radius 3 is 0.951 bits per heavy atom. The van der Waals surface area contributed by atoms with Gasteiger partial charge in [-0.25, -0.2) is 38.7 Å². The van der Waals surface area contributed by atoms with E-state index in [2.05, 4.69) is 64.8 Å². The zero-order valence-corrected chi connectivity index (χ0v) is 23.9. The van der Waals surface area contributed by atoms with Crippen molar-refractivity contribution >= 4 is 34.8 Å². The molecule has 0 bridgehead atoms. The Morgan fingerprint density at radius 2 is 0.780 bits per heavy atom. The molecule has 0 fully saturated rings. The summed E-state index contributed by atoms with van der Waals surface area (Å²) < 4.78 is 6.70. The number of aromatic nitrogens is 12. The topological polar surface area (TPSA) is 188 Å². The Bertz CT molecular complexity index is 1340. The molecule has 15 nitrogen and oxygen atoms in total. The van der Waals surface area contributed by atoms with Crippen molar-refractivity contribution in [1.82, 2.24) is 59.1 Å². The molecule has 208 valence electrons. The van der Waals surface area contributed by atoms with Crippen LogP contribution in [-0.4, -0.2) is 81.6 Å². The molecular weight excluding hydrogens is 608 g/mol. The first kappa shape index (κ1) is 34.1. The Labute approximate surface area is 255 Å². The second kappa shape index (κ2) is 20.0. The van der Waals surface area contributed by atoms with Gasteiger partial charge in [0.1, 0.15) is 12.7 Å². The molecule has 1 N–H and O–H groups in total. The number of nitrogens with zero attached hydrogens (tertiary/aromatic N) is 14. The number of hydrogen-bond donors (Lipinski definition) is 1. The number of hydrogen-bond acceptors (Lipinski definition) is 11. The van der Waals surface area contributed by atoms with Crippen LogP contribution in [0.5, 0.6) is 0 Å². The Morgan fingerprint density at radius 1 is 0.561 bits per heavy atom. The molecule has 0 saturated heterocycles. The maximum atomic E-state index is 7.13. The summed E-state index contributed by atoms with van der Waals surface area (Å²) in [5.41, 5.74) is 0. The van der Waals surface area contributed by atoms with E-state index in [0.29, 0.717) is 23.3 Å². The molecule has 0 spiro atoms. The van der Waals surface area contributed by atoms with Crippen LogP contribution < -0.4 is 0 Å². The fourth-order valence-electron chi connectivity index (χ4n) is 2.79. The van der Waals surface area contributed by atoms with Crippen LogP contribution in [0.2, 0.25) is 0 Å². The smallest absolute Gasteiger partial charge is 0.753 e. The van der Waals surface area contributed by atoms with E-state index in [9.17, 15) is 0 Å². The molecule has 0 atom stereocenters. The van der Waals surface area contributed by atoms with Crippen LogP contribution in [0.4, 0.5) is 0 Å². The van der Waals surface area contributed by atoms with Crippen molar-refractivity contribution in [1.29, 1.82) is 0 Å². The molecule has 6 aromatic rings. The van der Waals surface area contributed by atoms with E-state index in [1.165, 1.54) is 23.0 Å². The molecule has 6 aromatic heterocycles. The molecule has 0 aliphatic carbocycles. The maximum Gasteiger partial charge on any atom is 2.00 e. The number of aliphatic hydroxyl groups is 1. The third kappa shape index (κ3) is 11.0. The number of thiocarbonyl (C=S) groups is 2. The summed E-state index contributed by atoms with van der Waals surface area (Å²) in [6.45, 7) is 0. The Kier molecular flexibility index (Phi) is 16.7. The summed E-state index contributed by atoms with van der Waals surface area (Å²) in [5.74, 6) is 2.85. The molecule has 0 unspecified atom stereocenters. The molecule has 6 rings (SSSR count).